The number of aliphatic hydroxyl groups excluding tert-OH is 1. The minimum atomic E-state index is -3.76. The van der Waals surface area contributed by atoms with Crippen LogP contribution in [-0.2, 0) is 16.6 Å². The van der Waals surface area contributed by atoms with E-state index in [1.807, 2.05) is 0 Å². The third-order valence-electron chi connectivity index (χ3n) is 2.44. The van der Waals surface area contributed by atoms with Gasteiger partial charge in [-0.25, -0.2) is 0 Å². The molecule has 0 saturated carbocycles. The highest BCUT2D eigenvalue weighted by atomic mass is 32.2. The van der Waals surface area contributed by atoms with Gasteiger partial charge >= 0.3 is 0 Å². The molecule has 2 rings (SSSR count). The smallest absolute Gasteiger partial charge is 0.285 e. The van der Waals surface area contributed by atoms with Crippen LogP contribution in [-0.4, -0.2) is 25.7 Å². The van der Waals surface area contributed by atoms with Crippen LogP contribution in [0.1, 0.15) is 5.76 Å². The Labute approximate surface area is 104 Å². The molecule has 6 nitrogen and oxygen atoms in total. The topological polar surface area (TPSA) is 83.6 Å². The number of hydrogen-bond acceptors (Lipinski definition) is 5. The van der Waals surface area contributed by atoms with Crippen LogP contribution >= 0.6 is 0 Å². The summed E-state index contributed by atoms with van der Waals surface area (Å²) in [5, 5.41) is 12.0. The van der Waals surface area contributed by atoms with Crippen molar-refractivity contribution < 1.29 is 18.0 Å². The second kappa shape index (κ2) is 4.79. The molecule has 0 bridgehead atoms. The molecule has 0 radical (unpaired) electrons. The van der Waals surface area contributed by atoms with Crippen molar-refractivity contribution in [2.45, 2.75) is 11.6 Å². The van der Waals surface area contributed by atoms with Crippen LogP contribution < -0.4 is 4.31 Å². The summed E-state index contributed by atoms with van der Waals surface area (Å²) in [5.74, 6) is 0.107. The fourth-order valence-corrected chi connectivity index (χ4v) is 2.50. The maximum Gasteiger partial charge on any atom is 0.285 e. The molecule has 1 N–H and O–H groups in total. The number of sulfonamides is 1. The van der Waals surface area contributed by atoms with Gasteiger partial charge < -0.3 is 9.63 Å². The molecule has 0 aliphatic rings. The van der Waals surface area contributed by atoms with E-state index in [0.717, 1.165) is 4.31 Å². The summed E-state index contributed by atoms with van der Waals surface area (Å²) in [7, 11) is -2.34. The molecule has 0 atom stereocenters. The van der Waals surface area contributed by atoms with Crippen molar-refractivity contribution in [1.29, 1.82) is 0 Å². The lowest BCUT2D eigenvalue weighted by Crippen LogP contribution is -2.26. The molecule has 0 fully saturated rings. The lowest BCUT2D eigenvalue weighted by Gasteiger charge is -2.17. The van der Waals surface area contributed by atoms with Gasteiger partial charge in [0.1, 0.15) is 6.61 Å². The predicted molar refractivity (Wildman–Crippen MR) is 64.5 cm³/mol. The number of aliphatic hydroxyl groups is 1. The molecule has 2 aromatic rings. The van der Waals surface area contributed by atoms with Crippen LogP contribution in [0.2, 0.25) is 0 Å². The summed E-state index contributed by atoms with van der Waals surface area (Å²) in [6.45, 7) is -0.391. The Bertz CT molecular complexity index is 622. The molecule has 0 aliphatic heterocycles. The number of aromatic nitrogens is 1. The van der Waals surface area contributed by atoms with Crippen molar-refractivity contribution in [1.82, 2.24) is 5.16 Å². The molecule has 0 spiro atoms. The zero-order valence-corrected chi connectivity index (χ0v) is 10.5. The molecule has 1 aromatic carbocycles. The predicted octanol–water partition coefficient (Wildman–Crippen LogP) is 0.992. The van der Waals surface area contributed by atoms with Gasteiger partial charge in [0.2, 0.25) is 5.03 Å². The van der Waals surface area contributed by atoms with Gasteiger partial charge in [0.05, 0.1) is 5.69 Å². The van der Waals surface area contributed by atoms with Gasteiger partial charge in [-0.2, -0.15) is 8.42 Å². The standard InChI is InChI=1S/C11H12N2O4S/c1-13(9-5-3-2-4-6-9)18(15,16)11-7-10(8-14)17-12-11/h2-7,14H,8H2,1H3. The number of nitrogens with zero attached hydrogens (tertiary/aromatic N) is 2. The van der Waals surface area contributed by atoms with E-state index in [0.29, 0.717) is 5.69 Å². The quantitative estimate of drug-likeness (QED) is 0.894. The molecule has 0 unspecified atom stereocenters. The largest absolute Gasteiger partial charge is 0.388 e. The zero-order chi connectivity index (χ0) is 13.2. The highest BCUT2D eigenvalue weighted by Gasteiger charge is 2.25. The fraction of sp³-hybridized carbons (Fsp3) is 0.182. The number of hydrogen-bond donors (Lipinski definition) is 1. The first-order chi connectivity index (χ1) is 8.55. The Morgan fingerprint density at radius 3 is 2.56 bits per heavy atom. The van der Waals surface area contributed by atoms with Gasteiger partial charge in [-0.1, -0.05) is 23.4 Å². The molecule has 1 heterocycles. The van der Waals surface area contributed by atoms with E-state index in [1.54, 1.807) is 30.3 Å². The third kappa shape index (κ3) is 2.22. The van der Waals surface area contributed by atoms with Crippen molar-refractivity contribution in [3.8, 4) is 0 Å². The average Bonchev–Trinajstić information content (AvgIpc) is 2.88. The van der Waals surface area contributed by atoms with E-state index in [1.165, 1.54) is 13.1 Å². The second-order valence-electron chi connectivity index (χ2n) is 3.60. The van der Waals surface area contributed by atoms with E-state index in [4.69, 9.17) is 5.11 Å². The first-order valence-corrected chi connectivity index (χ1v) is 6.60. The lowest BCUT2D eigenvalue weighted by atomic mass is 10.3. The summed E-state index contributed by atoms with van der Waals surface area (Å²) >= 11 is 0. The maximum atomic E-state index is 12.2. The van der Waals surface area contributed by atoms with Gasteiger partial charge in [-0.15, -0.1) is 0 Å². The molecular formula is C11H12N2O4S. The highest BCUT2D eigenvalue weighted by molar-refractivity contribution is 7.92. The molecule has 0 aliphatic carbocycles. The summed E-state index contributed by atoms with van der Waals surface area (Å²) in [6, 6.07) is 9.82. The van der Waals surface area contributed by atoms with Gasteiger partial charge in [0, 0.05) is 13.1 Å². The lowest BCUT2D eigenvalue weighted by molar-refractivity contribution is 0.227. The second-order valence-corrected chi connectivity index (χ2v) is 5.51. The number of benzene rings is 1. The molecule has 7 heteroatoms. The zero-order valence-electron chi connectivity index (χ0n) is 9.65. The summed E-state index contributed by atoms with van der Waals surface area (Å²) in [5.41, 5.74) is 0.519. The molecule has 0 saturated heterocycles. The van der Waals surface area contributed by atoms with Gasteiger partial charge in [0.25, 0.3) is 10.0 Å². The van der Waals surface area contributed by atoms with Gasteiger partial charge in [-0.3, -0.25) is 4.31 Å². The normalized spacial score (nSPS) is 11.4. The maximum absolute atomic E-state index is 12.2. The number of anilines is 1. The van der Waals surface area contributed by atoms with Crippen molar-refractivity contribution in [3.63, 3.8) is 0 Å². The van der Waals surface area contributed by atoms with Crippen LogP contribution in [0.15, 0.2) is 45.9 Å². The van der Waals surface area contributed by atoms with E-state index in [2.05, 4.69) is 9.68 Å². The average molecular weight is 268 g/mol. The van der Waals surface area contributed by atoms with Crippen LogP contribution in [0, 0.1) is 0 Å². The molecule has 0 amide bonds. The van der Waals surface area contributed by atoms with Crippen molar-refractivity contribution in [3.05, 3.63) is 42.2 Å². The number of rotatable bonds is 4. The Morgan fingerprint density at radius 2 is 2.00 bits per heavy atom. The van der Waals surface area contributed by atoms with E-state index < -0.39 is 16.6 Å². The Hall–Kier alpha value is -1.86. The first kappa shape index (κ1) is 12.6. The van der Waals surface area contributed by atoms with Crippen molar-refractivity contribution in [2.24, 2.45) is 0 Å². The number of para-hydroxylation sites is 1. The van der Waals surface area contributed by atoms with Crippen LogP contribution in [0.3, 0.4) is 0 Å². The van der Waals surface area contributed by atoms with Crippen LogP contribution in [0.5, 0.6) is 0 Å². The van der Waals surface area contributed by atoms with E-state index in [9.17, 15) is 8.42 Å². The summed E-state index contributed by atoms with van der Waals surface area (Å²) < 4.78 is 30.2. The Kier molecular flexibility index (Phi) is 3.35. The Morgan fingerprint density at radius 1 is 1.33 bits per heavy atom. The molecule has 96 valence electrons. The van der Waals surface area contributed by atoms with Crippen LogP contribution in [0.25, 0.3) is 0 Å². The van der Waals surface area contributed by atoms with Gasteiger partial charge in [0.15, 0.2) is 5.76 Å². The molecular weight excluding hydrogens is 256 g/mol. The summed E-state index contributed by atoms with van der Waals surface area (Å²) in [4.78, 5) is 0. The monoisotopic (exact) mass is 268 g/mol. The Balaban J connectivity index is 2.37. The highest BCUT2D eigenvalue weighted by Crippen LogP contribution is 2.21. The van der Waals surface area contributed by atoms with Crippen molar-refractivity contribution >= 4 is 15.7 Å². The minimum Gasteiger partial charge on any atom is -0.388 e. The third-order valence-corrected chi connectivity index (χ3v) is 4.09. The molecule has 1 aromatic heterocycles. The SMILES string of the molecule is CN(c1ccccc1)S(=O)(=O)c1cc(CO)on1. The van der Waals surface area contributed by atoms with Crippen molar-refractivity contribution in [2.75, 3.05) is 11.4 Å². The fourth-order valence-electron chi connectivity index (χ4n) is 1.41. The molecule has 18 heavy (non-hydrogen) atoms. The van der Waals surface area contributed by atoms with E-state index in [-0.39, 0.29) is 10.8 Å². The van der Waals surface area contributed by atoms with Crippen LogP contribution in [0.4, 0.5) is 5.69 Å². The van der Waals surface area contributed by atoms with E-state index >= 15 is 0 Å². The first-order valence-electron chi connectivity index (χ1n) is 5.16. The summed E-state index contributed by atoms with van der Waals surface area (Å²) in [6.07, 6.45) is 0. The van der Waals surface area contributed by atoms with Gasteiger partial charge in [-0.05, 0) is 12.1 Å². The minimum absolute atomic E-state index is 0.107.